The van der Waals surface area contributed by atoms with Crippen molar-refractivity contribution in [2.24, 2.45) is 0 Å². The van der Waals surface area contributed by atoms with Crippen molar-refractivity contribution >= 4 is 77.7 Å². The van der Waals surface area contributed by atoms with Crippen molar-refractivity contribution in [3.05, 3.63) is 104 Å². The van der Waals surface area contributed by atoms with Crippen molar-refractivity contribution in [2.45, 2.75) is 37.5 Å². The Morgan fingerprint density at radius 3 is 1.54 bits per heavy atom. The third kappa shape index (κ3) is 5.12. The quantitative estimate of drug-likeness (QED) is 0.127. The van der Waals surface area contributed by atoms with Crippen LogP contribution in [-0.2, 0) is 5.41 Å². The van der Waals surface area contributed by atoms with Crippen molar-refractivity contribution in [1.82, 2.24) is 0 Å². The zero-order valence-corrected chi connectivity index (χ0v) is 30.3. The van der Waals surface area contributed by atoms with Crippen LogP contribution in [0.2, 0.25) is 0 Å². The number of nitrogens with zero attached hydrogens (tertiary/aromatic N) is 4. The number of methoxy groups -OCH3 is 2. The van der Waals surface area contributed by atoms with Crippen molar-refractivity contribution in [3.63, 3.8) is 0 Å². The molecule has 0 radical (unpaired) electrons. The van der Waals surface area contributed by atoms with E-state index in [-0.39, 0.29) is 16.8 Å². The number of benzene rings is 2. The predicted molar refractivity (Wildman–Crippen MR) is 207 cm³/mol. The van der Waals surface area contributed by atoms with Gasteiger partial charge in [0.25, 0.3) is 11.4 Å². The van der Waals surface area contributed by atoms with Crippen LogP contribution in [0.1, 0.15) is 53.0 Å². The molecular weight excluding hydrogens is 697 g/mol. The summed E-state index contributed by atoms with van der Waals surface area (Å²) in [6, 6.07) is 21.9. The van der Waals surface area contributed by atoms with E-state index < -0.39 is 0 Å². The number of nitriles is 2. The van der Waals surface area contributed by atoms with E-state index in [1.807, 2.05) is 24.3 Å². The maximum atomic E-state index is 9.28. The van der Waals surface area contributed by atoms with Crippen LogP contribution in [0.15, 0.2) is 59.9 Å². The van der Waals surface area contributed by atoms with Crippen LogP contribution < -0.4 is 9.47 Å². The van der Waals surface area contributed by atoms with Gasteiger partial charge in [0.05, 0.1) is 49.3 Å². The average Bonchev–Trinajstić information content (AvgIpc) is 3.97. The molecule has 0 saturated heterocycles. The van der Waals surface area contributed by atoms with E-state index in [2.05, 4.69) is 46.1 Å². The fraction of sp³-hybridized carbons (Fsp3) is 0.200. The Kier molecular flexibility index (Phi) is 8.07. The molecule has 6 nitrogen and oxygen atoms in total. The molecular formula is C40H26N4O2S4. The third-order valence-electron chi connectivity index (χ3n) is 9.69. The van der Waals surface area contributed by atoms with E-state index in [1.165, 1.54) is 84.4 Å². The summed E-state index contributed by atoms with van der Waals surface area (Å²) in [5.74, 6) is 1.49. The number of rotatable bonds is 6. The van der Waals surface area contributed by atoms with Crippen LogP contribution in [0.3, 0.4) is 0 Å². The summed E-state index contributed by atoms with van der Waals surface area (Å²) >= 11 is 6.57. The first kappa shape index (κ1) is 32.0. The lowest BCUT2D eigenvalue weighted by molar-refractivity contribution is 0.353. The van der Waals surface area contributed by atoms with Gasteiger partial charge in [-0.2, -0.15) is 0 Å². The van der Waals surface area contributed by atoms with Crippen LogP contribution >= 0.6 is 45.3 Å². The molecule has 6 aromatic rings. The van der Waals surface area contributed by atoms with E-state index in [9.17, 15) is 10.5 Å². The SMILES string of the molecule is [C-]#[N+]/C(C#N)=C\c1cc(OC)c(-c2cc3cc4c(cc3s2)-c2cc3sc(-c5sc(/C=C(\C#N)[N+]#[C-])cc5OC)cc3cc2C42CCCCC2)s1. The topological polar surface area (TPSA) is 74.8 Å². The molecule has 4 aromatic heterocycles. The maximum Gasteiger partial charge on any atom is 0.263 e. The molecule has 2 aliphatic carbocycles. The van der Waals surface area contributed by atoms with Gasteiger partial charge in [0, 0.05) is 34.3 Å². The van der Waals surface area contributed by atoms with Crippen molar-refractivity contribution in [3.8, 4) is 54.3 Å². The molecule has 2 aliphatic rings. The summed E-state index contributed by atoms with van der Waals surface area (Å²) in [6.07, 6.45) is 9.17. The van der Waals surface area contributed by atoms with Crippen LogP contribution in [0.4, 0.5) is 0 Å². The van der Waals surface area contributed by atoms with E-state index >= 15 is 0 Å². The van der Waals surface area contributed by atoms with Crippen molar-refractivity contribution in [1.29, 1.82) is 10.5 Å². The molecule has 4 heterocycles. The molecule has 8 rings (SSSR count). The molecule has 0 unspecified atom stereocenters. The summed E-state index contributed by atoms with van der Waals surface area (Å²) in [5, 5.41) is 21.0. The van der Waals surface area contributed by atoms with Gasteiger partial charge < -0.3 is 9.47 Å². The second-order valence-electron chi connectivity index (χ2n) is 12.3. The molecule has 0 aliphatic heterocycles. The summed E-state index contributed by atoms with van der Waals surface area (Å²) in [5.41, 5.74) is 5.60. The third-order valence-corrected chi connectivity index (χ3v) is 14.4. The highest BCUT2D eigenvalue weighted by atomic mass is 32.1. The molecule has 1 fully saturated rings. The van der Waals surface area contributed by atoms with Gasteiger partial charge in [0.15, 0.2) is 0 Å². The van der Waals surface area contributed by atoms with Gasteiger partial charge in [-0.25, -0.2) is 20.2 Å². The Labute approximate surface area is 305 Å². The first-order valence-electron chi connectivity index (χ1n) is 15.9. The minimum Gasteiger partial charge on any atom is -0.495 e. The monoisotopic (exact) mass is 722 g/mol. The van der Waals surface area contributed by atoms with Gasteiger partial charge >= 0.3 is 0 Å². The van der Waals surface area contributed by atoms with Gasteiger partial charge in [0.2, 0.25) is 0 Å². The standard InChI is InChI=1S/C40H26N4O2S4/c1-43-24(20-41)14-26-16-32(45-3)38(47-26)36-12-22-10-30-28(18-34(22)49-36)29-19-35-23(11-31(29)40(30)8-6-5-7-9-40)13-37(50-35)39-33(46-4)17-27(48-39)15-25(21-42)44-2/h10-19H,5-9H2,3-4H3/b24-14-,25-15+. The van der Waals surface area contributed by atoms with Gasteiger partial charge in [-0.15, -0.1) is 45.3 Å². The van der Waals surface area contributed by atoms with Crippen molar-refractivity contribution < 1.29 is 9.47 Å². The molecule has 50 heavy (non-hydrogen) atoms. The molecule has 10 heteroatoms. The Morgan fingerprint density at radius 2 is 1.14 bits per heavy atom. The smallest absolute Gasteiger partial charge is 0.263 e. The van der Waals surface area contributed by atoms with Gasteiger partial charge in [-0.1, -0.05) is 19.3 Å². The largest absolute Gasteiger partial charge is 0.495 e. The Bertz CT molecular complexity index is 2410. The lowest BCUT2D eigenvalue weighted by Gasteiger charge is -2.36. The fourth-order valence-corrected chi connectivity index (χ4v) is 12.0. The summed E-state index contributed by atoms with van der Waals surface area (Å²) in [7, 11) is 3.32. The first-order chi connectivity index (χ1) is 24.4. The van der Waals surface area contributed by atoms with Crippen LogP contribution in [0.5, 0.6) is 11.5 Å². The van der Waals surface area contributed by atoms with E-state index in [0.717, 1.165) is 53.6 Å². The number of allylic oxidation sites excluding steroid dienone is 2. The number of hydrogen-bond acceptors (Lipinski definition) is 8. The fourth-order valence-electron chi connectivity index (χ4n) is 7.50. The molecule has 1 spiro atoms. The number of fused-ring (bicyclic) bond motifs is 7. The van der Waals surface area contributed by atoms with Crippen LogP contribution in [-0.4, -0.2) is 14.2 Å². The molecule has 0 amide bonds. The summed E-state index contributed by atoms with van der Waals surface area (Å²) in [6.45, 7) is 14.5. The van der Waals surface area contributed by atoms with Gasteiger partial charge in [-0.3, -0.25) is 0 Å². The Morgan fingerprint density at radius 1 is 0.680 bits per heavy atom. The molecule has 0 N–H and O–H groups in total. The van der Waals surface area contributed by atoms with E-state index in [4.69, 9.17) is 22.6 Å². The maximum absolute atomic E-state index is 9.28. The highest BCUT2D eigenvalue weighted by Gasteiger charge is 2.44. The zero-order valence-electron chi connectivity index (χ0n) is 27.0. The number of hydrogen-bond donors (Lipinski definition) is 0. The Hall–Kier alpha value is -5.20. The highest BCUT2D eigenvalue weighted by molar-refractivity contribution is 7.27. The predicted octanol–water partition coefficient (Wildman–Crippen LogP) is 12.4. The lowest BCUT2D eigenvalue weighted by atomic mass is 9.67. The number of thiophene rings is 4. The van der Waals surface area contributed by atoms with Gasteiger partial charge in [0.1, 0.15) is 11.5 Å². The summed E-state index contributed by atoms with van der Waals surface area (Å²) < 4.78 is 13.9. The normalized spacial score (nSPS) is 14.9. The van der Waals surface area contributed by atoms with Gasteiger partial charge in [-0.05, 0) is 107 Å². The van der Waals surface area contributed by atoms with E-state index in [1.54, 1.807) is 49.0 Å². The Balaban J connectivity index is 1.25. The number of ether oxygens (including phenoxy) is 2. The van der Waals surface area contributed by atoms with Crippen LogP contribution in [0.25, 0.3) is 72.6 Å². The molecule has 0 atom stereocenters. The summed E-state index contributed by atoms with van der Waals surface area (Å²) in [4.78, 5) is 12.5. The minimum absolute atomic E-state index is 0.0203. The molecule has 2 aromatic carbocycles. The van der Waals surface area contributed by atoms with Crippen molar-refractivity contribution in [2.75, 3.05) is 14.2 Å². The van der Waals surface area contributed by atoms with Crippen LogP contribution in [0, 0.1) is 35.8 Å². The lowest BCUT2D eigenvalue weighted by Crippen LogP contribution is -2.28. The first-order valence-corrected chi connectivity index (χ1v) is 19.2. The second-order valence-corrected chi connectivity index (χ2v) is 16.7. The highest BCUT2D eigenvalue weighted by Crippen LogP contribution is 2.59. The average molecular weight is 723 g/mol. The molecule has 1 saturated carbocycles. The molecule has 242 valence electrons. The van der Waals surface area contributed by atoms with E-state index in [0.29, 0.717) is 0 Å². The minimum atomic E-state index is -0.0203. The zero-order chi connectivity index (χ0) is 34.6. The molecule has 0 bridgehead atoms. The second kappa shape index (κ2) is 12.6.